The van der Waals surface area contributed by atoms with Gasteiger partial charge >= 0.3 is 0 Å². The van der Waals surface area contributed by atoms with Crippen molar-refractivity contribution >= 4 is 0 Å². The van der Waals surface area contributed by atoms with Gasteiger partial charge < -0.3 is 15.3 Å². The Labute approximate surface area is 106 Å². The van der Waals surface area contributed by atoms with Gasteiger partial charge in [0.25, 0.3) is 0 Å². The topological polar surface area (TPSA) is 35.5 Å². The first-order valence-corrected chi connectivity index (χ1v) is 7.28. The Balaban J connectivity index is 1.80. The third-order valence-electron chi connectivity index (χ3n) is 4.76. The predicted molar refractivity (Wildman–Crippen MR) is 71.0 cm³/mol. The summed E-state index contributed by atoms with van der Waals surface area (Å²) in [5, 5.41) is 13.1. The third-order valence-corrected chi connectivity index (χ3v) is 4.76. The average Bonchev–Trinajstić information content (AvgIpc) is 2.78. The van der Waals surface area contributed by atoms with Crippen LogP contribution in [0.5, 0.6) is 0 Å². The van der Waals surface area contributed by atoms with Crippen LogP contribution in [0.15, 0.2) is 0 Å². The summed E-state index contributed by atoms with van der Waals surface area (Å²) >= 11 is 0. The van der Waals surface area contributed by atoms with Crippen LogP contribution in [0.1, 0.15) is 39.0 Å². The highest BCUT2D eigenvalue weighted by molar-refractivity contribution is 4.86. The second-order valence-electron chi connectivity index (χ2n) is 5.99. The number of aliphatic hydroxyl groups excluding tert-OH is 1. The normalized spacial score (nSPS) is 37.2. The van der Waals surface area contributed by atoms with Gasteiger partial charge in [-0.1, -0.05) is 12.8 Å². The van der Waals surface area contributed by atoms with E-state index in [4.69, 9.17) is 0 Å². The molecule has 3 nitrogen and oxygen atoms in total. The van der Waals surface area contributed by atoms with Crippen molar-refractivity contribution in [2.24, 2.45) is 11.8 Å². The Bertz CT molecular complexity index is 232. The zero-order valence-corrected chi connectivity index (χ0v) is 11.4. The Morgan fingerprint density at radius 2 is 2.06 bits per heavy atom. The lowest BCUT2D eigenvalue weighted by molar-refractivity contribution is 0.122. The summed E-state index contributed by atoms with van der Waals surface area (Å²) in [7, 11) is 2.10. The number of nitrogens with zero attached hydrogens (tertiary/aromatic N) is 1. The maximum absolute atomic E-state index is 9.63. The van der Waals surface area contributed by atoms with E-state index in [2.05, 4.69) is 17.3 Å². The number of aliphatic hydroxyl groups is 1. The van der Waals surface area contributed by atoms with Gasteiger partial charge in [-0.3, -0.25) is 0 Å². The minimum atomic E-state index is -0.133. The second-order valence-corrected chi connectivity index (χ2v) is 5.99. The highest BCUT2D eigenvalue weighted by atomic mass is 16.3. The lowest BCUT2D eigenvalue weighted by Crippen LogP contribution is -2.42. The molecule has 4 unspecified atom stereocenters. The van der Waals surface area contributed by atoms with E-state index in [0.29, 0.717) is 12.0 Å². The minimum absolute atomic E-state index is 0.133. The van der Waals surface area contributed by atoms with Crippen molar-refractivity contribution in [2.45, 2.75) is 51.2 Å². The lowest BCUT2D eigenvalue weighted by atomic mass is 9.84. The molecule has 100 valence electrons. The van der Waals surface area contributed by atoms with Crippen molar-refractivity contribution in [3.63, 3.8) is 0 Å². The van der Waals surface area contributed by atoms with E-state index < -0.39 is 0 Å². The molecule has 1 saturated carbocycles. The fourth-order valence-corrected chi connectivity index (χ4v) is 3.56. The fourth-order valence-electron chi connectivity index (χ4n) is 3.56. The van der Waals surface area contributed by atoms with Gasteiger partial charge in [-0.2, -0.15) is 0 Å². The van der Waals surface area contributed by atoms with Crippen LogP contribution < -0.4 is 5.32 Å². The zero-order chi connectivity index (χ0) is 12.3. The lowest BCUT2D eigenvalue weighted by Gasteiger charge is -2.34. The van der Waals surface area contributed by atoms with Crippen LogP contribution in [0.2, 0.25) is 0 Å². The zero-order valence-electron chi connectivity index (χ0n) is 11.4. The fraction of sp³-hybridized carbons (Fsp3) is 1.00. The number of hydrogen-bond acceptors (Lipinski definition) is 3. The van der Waals surface area contributed by atoms with Gasteiger partial charge in [0, 0.05) is 19.1 Å². The van der Waals surface area contributed by atoms with E-state index in [-0.39, 0.29) is 6.10 Å². The highest BCUT2D eigenvalue weighted by Crippen LogP contribution is 2.27. The van der Waals surface area contributed by atoms with Crippen LogP contribution in [0, 0.1) is 11.8 Å². The molecule has 3 heteroatoms. The molecule has 0 aromatic heterocycles. The standard InChI is InChI=1S/C14H28N2O/c1-11(17)12-7-8-16(9-12)10-13-5-3-4-6-14(13)15-2/h11-15,17H,3-10H2,1-2H3. The predicted octanol–water partition coefficient (Wildman–Crippen LogP) is 1.47. The summed E-state index contributed by atoms with van der Waals surface area (Å²) < 4.78 is 0. The molecule has 0 amide bonds. The van der Waals surface area contributed by atoms with Crippen molar-refractivity contribution < 1.29 is 5.11 Å². The molecular weight excluding hydrogens is 212 g/mol. The average molecular weight is 240 g/mol. The van der Waals surface area contributed by atoms with E-state index in [1.165, 1.54) is 45.2 Å². The molecule has 0 bridgehead atoms. The number of likely N-dealkylation sites (tertiary alicyclic amines) is 1. The molecule has 0 aromatic carbocycles. The van der Waals surface area contributed by atoms with Gasteiger partial charge in [-0.25, -0.2) is 0 Å². The summed E-state index contributed by atoms with van der Waals surface area (Å²) in [6, 6.07) is 0.717. The summed E-state index contributed by atoms with van der Waals surface area (Å²) in [5.41, 5.74) is 0. The largest absolute Gasteiger partial charge is 0.393 e. The molecule has 2 N–H and O–H groups in total. The van der Waals surface area contributed by atoms with Crippen LogP contribution in [-0.4, -0.2) is 48.8 Å². The molecule has 0 spiro atoms. The van der Waals surface area contributed by atoms with E-state index in [9.17, 15) is 5.11 Å². The first-order chi connectivity index (χ1) is 8.20. The molecule has 0 radical (unpaired) electrons. The van der Waals surface area contributed by atoms with Gasteiger partial charge in [0.05, 0.1) is 6.10 Å². The Hall–Kier alpha value is -0.120. The summed E-state index contributed by atoms with van der Waals surface area (Å²) in [6.07, 6.45) is 6.55. The monoisotopic (exact) mass is 240 g/mol. The van der Waals surface area contributed by atoms with E-state index in [1.54, 1.807) is 0 Å². The maximum atomic E-state index is 9.63. The highest BCUT2D eigenvalue weighted by Gasteiger charge is 2.30. The SMILES string of the molecule is CNC1CCCCC1CN1CCC(C(C)O)C1. The van der Waals surface area contributed by atoms with Crippen molar-refractivity contribution in [3.8, 4) is 0 Å². The maximum Gasteiger partial charge on any atom is 0.0552 e. The molecule has 2 rings (SSSR count). The molecule has 1 saturated heterocycles. The van der Waals surface area contributed by atoms with Crippen molar-refractivity contribution in [1.29, 1.82) is 0 Å². The first kappa shape index (κ1) is 13.3. The van der Waals surface area contributed by atoms with Gasteiger partial charge in [-0.15, -0.1) is 0 Å². The van der Waals surface area contributed by atoms with Gasteiger partial charge in [0.2, 0.25) is 0 Å². The first-order valence-electron chi connectivity index (χ1n) is 7.28. The molecule has 17 heavy (non-hydrogen) atoms. The van der Waals surface area contributed by atoms with E-state index in [0.717, 1.165) is 12.5 Å². The molecule has 0 aromatic rings. The van der Waals surface area contributed by atoms with Crippen LogP contribution >= 0.6 is 0 Å². The molecule has 1 aliphatic carbocycles. The Kier molecular flexibility index (Phi) is 4.83. The third kappa shape index (κ3) is 3.43. The Morgan fingerprint density at radius 1 is 1.29 bits per heavy atom. The number of rotatable bonds is 4. The van der Waals surface area contributed by atoms with Gasteiger partial charge in [-0.05, 0) is 51.6 Å². The van der Waals surface area contributed by atoms with Gasteiger partial charge in [0.15, 0.2) is 0 Å². The van der Waals surface area contributed by atoms with Crippen molar-refractivity contribution in [1.82, 2.24) is 10.2 Å². The van der Waals surface area contributed by atoms with Crippen molar-refractivity contribution in [3.05, 3.63) is 0 Å². The second kappa shape index (κ2) is 6.17. The van der Waals surface area contributed by atoms with Crippen LogP contribution in [-0.2, 0) is 0 Å². The van der Waals surface area contributed by atoms with Crippen LogP contribution in [0.25, 0.3) is 0 Å². The molecule has 4 atom stereocenters. The van der Waals surface area contributed by atoms with E-state index >= 15 is 0 Å². The van der Waals surface area contributed by atoms with Crippen LogP contribution in [0.4, 0.5) is 0 Å². The summed E-state index contributed by atoms with van der Waals surface area (Å²) in [5.74, 6) is 1.33. The molecule has 1 heterocycles. The summed E-state index contributed by atoms with van der Waals surface area (Å²) in [6.45, 7) is 5.45. The molecular formula is C14H28N2O. The van der Waals surface area contributed by atoms with Crippen LogP contribution in [0.3, 0.4) is 0 Å². The molecule has 2 fully saturated rings. The minimum Gasteiger partial charge on any atom is -0.393 e. The number of hydrogen-bond donors (Lipinski definition) is 2. The number of nitrogens with one attached hydrogen (secondary N) is 1. The summed E-state index contributed by atoms with van der Waals surface area (Å²) in [4.78, 5) is 2.57. The molecule has 1 aliphatic heterocycles. The molecule has 2 aliphatic rings. The van der Waals surface area contributed by atoms with E-state index in [1.807, 2.05) is 6.92 Å². The Morgan fingerprint density at radius 3 is 2.71 bits per heavy atom. The smallest absolute Gasteiger partial charge is 0.0552 e. The van der Waals surface area contributed by atoms with Crippen molar-refractivity contribution in [2.75, 3.05) is 26.7 Å². The van der Waals surface area contributed by atoms with Gasteiger partial charge in [0.1, 0.15) is 0 Å². The quantitative estimate of drug-likeness (QED) is 0.781.